The van der Waals surface area contributed by atoms with Crippen LogP contribution in [0.15, 0.2) is 72.3 Å². The molecule has 33 heavy (non-hydrogen) atoms. The van der Waals surface area contributed by atoms with E-state index in [9.17, 15) is 14.7 Å². The largest absolute Gasteiger partial charge is 0.507 e. The molecule has 1 fully saturated rings. The van der Waals surface area contributed by atoms with Gasteiger partial charge in [-0.15, -0.1) is 0 Å². The Morgan fingerprint density at radius 3 is 2.15 bits per heavy atom. The van der Waals surface area contributed by atoms with Crippen molar-refractivity contribution in [3.63, 3.8) is 0 Å². The standard InChI is InChI=1S/C26H21Cl2NO4/c1-3-15-9-11-16(12-10-15)22-21(23(30)17-13-19(27)25(33-2)20(28)14-17)24(31)26(32)29(22)18-7-5-4-6-8-18/h4-14,22,30H,3H2,1-2H3/b23-21+. The fourth-order valence-electron chi connectivity index (χ4n) is 3.99. The maximum absolute atomic E-state index is 13.2. The summed E-state index contributed by atoms with van der Waals surface area (Å²) in [5.74, 6) is -1.61. The second-order valence-corrected chi connectivity index (χ2v) is 8.39. The molecule has 0 radical (unpaired) electrons. The number of ketones is 1. The Morgan fingerprint density at radius 2 is 1.61 bits per heavy atom. The maximum Gasteiger partial charge on any atom is 0.300 e. The van der Waals surface area contributed by atoms with Crippen LogP contribution in [0.2, 0.25) is 10.0 Å². The van der Waals surface area contributed by atoms with Crippen LogP contribution in [0.25, 0.3) is 5.76 Å². The first-order valence-corrected chi connectivity index (χ1v) is 11.1. The molecule has 0 aromatic heterocycles. The molecule has 1 aliphatic heterocycles. The molecule has 3 aromatic rings. The Morgan fingerprint density at radius 1 is 1.00 bits per heavy atom. The van der Waals surface area contributed by atoms with Crippen LogP contribution in [-0.2, 0) is 16.0 Å². The number of methoxy groups -OCH3 is 1. The molecule has 4 rings (SSSR count). The summed E-state index contributed by atoms with van der Waals surface area (Å²) in [6.07, 6.45) is 0.849. The lowest BCUT2D eigenvalue weighted by atomic mass is 9.94. The van der Waals surface area contributed by atoms with Crippen LogP contribution in [0.4, 0.5) is 5.69 Å². The van der Waals surface area contributed by atoms with Gasteiger partial charge in [0.15, 0.2) is 5.75 Å². The third-order valence-electron chi connectivity index (χ3n) is 5.66. The summed E-state index contributed by atoms with van der Waals surface area (Å²) in [5, 5.41) is 11.6. The van der Waals surface area contributed by atoms with E-state index in [1.54, 1.807) is 24.3 Å². The van der Waals surface area contributed by atoms with Gasteiger partial charge < -0.3 is 9.84 Å². The predicted molar refractivity (Wildman–Crippen MR) is 130 cm³/mol. The number of amides is 1. The summed E-state index contributed by atoms with van der Waals surface area (Å²) < 4.78 is 5.17. The van der Waals surface area contributed by atoms with Gasteiger partial charge in [-0.05, 0) is 41.8 Å². The van der Waals surface area contributed by atoms with Crippen molar-refractivity contribution in [2.45, 2.75) is 19.4 Å². The molecule has 5 nitrogen and oxygen atoms in total. The molecule has 1 saturated heterocycles. The lowest BCUT2D eigenvalue weighted by Crippen LogP contribution is -2.29. The molecule has 1 atom stereocenters. The first-order valence-electron chi connectivity index (χ1n) is 10.4. The zero-order chi connectivity index (χ0) is 23.7. The van der Waals surface area contributed by atoms with Crippen LogP contribution in [0.3, 0.4) is 0 Å². The molecule has 0 saturated carbocycles. The van der Waals surface area contributed by atoms with Gasteiger partial charge in [-0.3, -0.25) is 14.5 Å². The van der Waals surface area contributed by atoms with Gasteiger partial charge in [0, 0.05) is 11.3 Å². The average molecular weight is 482 g/mol. The van der Waals surface area contributed by atoms with Gasteiger partial charge in [0.2, 0.25) is 0 Å². The summed E-state index contributed by atoms with van der Waals surface area (Å²) in [6.45, 7) is 2.04. The molecule has 0 bridgehead atoms. The molecule has 0 aliphatic carbocycles. The topological polar surface area (TPSA) is 66.8 Å². The van der Waals surface area contributed by atoms with Gasteiger partial charge in [0.1, 0.15) is 5.76 Å². The highest BCUT2D eigenvalue weighted by atomic mass is 35.5. The van der Waals surface area contributed by atoms with Crippen molar-refractivity contribution >= 4 is 46.3 Å². The number of aliphatic hydroxyl groups excluding tert-OH is 1. The minimum Gasteiger partial charge on any atom is -0.507 e. The quantitative estimate of drug-likeness (QED) is 0.268. The molecule has 1 N–H and O–H groups in total. The van der Waals surface area contributed by atoms with Crippen molar-refractivity contribution in [2.24, 2.45) is 0 Å². The van der Waals surface area contributed by atoms with Crippen LogP contribution >= 0.6 is 23.2 Å². The summed E-state index contributed by atoms with van der Waals surface area (Å²) in [7, 11) is 1.43. The number of anilines is 1. The average Bonchev–Trinajstić information content (AvgIpc) is 3.09. The van der Waals surface area contributed by atoms with E-state index in [-0.39, 0.29) is 32.7 Å². The van der Waals surface area contributed by atoms with E-state index < -0.39 is 17.7 Å². The molecule has 1 unspecified atom stereocenters. The van der Waals surface area contributed by atoms with Gasteiger partial charge in [-0.1, -0.05) is 72.6 Å². The molecule has 3 aromatic carbocycles. The SMILES string of the molecule is CCc1ccc(C2/C(=C(\O)c3cc(Cl)c(OC)c(Cl)c3)C(=O)C(=O)N2c2ccccc2)cc1. The van der Waals surface area contributed by atoms with Crippen LogP contribution in [-0.4, -0.2) is 23.9 Å². The van der Waals surface area contributed by atoms with Gasteiger partial charge in [0.25, 0.3) is 11.7 Å². The number of hydrogen-bond donors (Lipinski definition) is 1. The summed E-state index contributed by atoms with van der Waals surface area (Å²) in [4.78, 5) is 27.8. The molecule has 1 amide bonds. The third kappa shape index (κ3) is 4.10. The number of para-hydroxylation sites is 1. The van der Waals surface area contributed by atoms with E-state index in [0.29, 0.717) is 11.3 Å². The number of carbonyl (C=O) groups excluding carboxylic acids is 2. The molecular formula is C26H21Cl2NO4. The minimum atomic E-state index is -0.821. The number of Topliss-reactive ketones (excluding diaryl/α,β-unsaturated/α-hetero) is 1. The van der Waals surface area contributed by atoms with Crippen molar-refractivity contribution in [1.29, 1.82) is 0 Å². The Kier molecular flexibility index (Phi) is 6.45. The van der Waals surface area contributed by atoms with Crippen LogP contribution < -0.4 is 9.64 Å². The van der Waals surface area contributed by atoms with Gasteiger partial charge in [-0.2, -0.15) is 0 Å². The van der Waals surface area contributed by atoms with Crippen molar-refractivity contribution in [1.82, 2.24) is 0 Å². The highest BCUT2D eigenvalue weighted by Crippen LogP contribution is 2.43. The first kappa shape index (κ1) is 22.9. The number of carbonyl (C=O) groups is 2. The van der Waals surface area contributed by atoms with Gasteiger partial charge in [-0.25, -0.2) is 0 Å². The summed E-state index contributed by atoms with van der Waals surface area (Å²) in [5.41, 5.74) is 2.54. The maximum atomic E-state index is 13.2. The van der Waals surface area contributed by atoms with Crippen LogP contribution in [0, 0.1) is 0 Å². The monoisotopic (exact) mass is 481 g/mol. The number of halogens is 2. The van der Waals surface area contributed by atoms with E-state index in [0.717, 1.165) is 12.0 Å². The molecular weight excluding hydrogens is 461 g/mol. The smallest absolute Gasteiger partial charge is 0.300 e. The Hall–Kier alpha value is -3.28. The van der Waals surface area contributed by atoms with E-state index >= 15 is 0 Å². The lowest BCUT2D eigenvalue weighted by molar-refractivity contribution is -0.132. The number of hydrogen-bond acceptors (Lipinski definition) is 4. The zero-order valence-electron chi connectivity index (χ0n) is 18.0. The highest BCUT2D eigenvalue weighted by molar-refractivity contribution is 6.51. The van der Waals surface area contributed by atoms with E-state index in [2.05, 4.69) is 0 Å². The number of rotatable bonds is 5. The predicted octanol–water partition coefficient (Wildman–Crippen LogP) is 6.19. The second-order valence-electron chi connectivity index (χ2n) is 7.57. The third-order valence-corrected chi connectivity index (χ3v) is 6.22. The van der Waals surface area contributed by atoms with Gasteiger partial charge >= 0.3 is 0 Å². The number of nitrogens with zero attached hydrogens (tertiary/aromatic N) is 1. The van der Waals surface area contributed by atoms with Crippen molar-refractivity contribution in [3.8, 4) is 5.75 Å². The Balaban J connectivity index is 1.94. The van der Waals surface area contributed by atoms with E-state index in [4.69, 9.17) is 27.9 Å². The van der Waals surface area contributed by atoms with Crippen LogP contribution in [0.5, 0.6) is 5.75 Å². The van der Waals surface area contributed by atoms with Crippen molar-refractivity contribution < 1.29 is 19.4 Å². The molecule has 0 spiro atoms. The molecule has 168 valence electrons. The minimum absolute atomic E-state index is 0.0367. The lowest BCUT2D eigenvalue weighted by Gasteiger charge is -2.25. The molecule has 7 heteroatoms. The molecule has 1 heterocycles. The van der Waals surface area contributed by atoms with Crippen molar-refractivity contribution in [2.75, 3.05) is 12.0 Å². The number of aliphatic hydroxyl groups is 1. The fraction of sp³-hybridized carbons (Fsp3) is 0.154. The van der Waals surface area contributed by atoms with Gasteiger partial charge in [0.05, 0.1) is 28.8 Å². The summed E-state index contributed by atoms with van der Waals surface area (Å²) >= 11 is 12.5. The number of aryl methyl sites for hydroxylation is 1. The molecule has 1 aliphatic rings. The highest BCUT2D eigenvalue weighted by Gasteiger charge is 2.47. The zero-order valence-corrected chi connectivity index (χ0v) is 19.5. The normalized spacial score (nSPS) is 17.5. The summed E-state index contributed by atoms with van der Waals surface area (Å²) in [6, 6.07) is 18.6. The second kappa shape index (κ2) is 9.30. The first-order chi connectivity index (χ1) is 15.9. The number of ether oxygens (including phenoxy) is 1. The van der Waals surface area contributed by atoms with E-state index in [1.807, 2.05) is 37.3 Å². The Bertz CT molecular complexity index is 1230. The Labute approximate surface area is 201 Å². The van der Waals surface area contributed by atoms with Crippen molar-refractivity contribution in [3.05, 3.63) is 99.0 Å². The van der Waals surface area contributed by atoms with Crippen LogP contribution in [0.1, 0.15) is 29.7 Å². The number of benzene rings is 3. The fourth-order valence-corrected chi connectivity index (χ4v) is 4.63. The van der Waals surface area contributed by atoms with E-state index in [1.165, 1.54) is 24.1 Å².